The molecule has 6 heteroatoms. The molecule has 0 saturated carbocycles. The first kappa shape index (κ1) is 15.1. The first-order valence-electron chi connectivity index (χ1n) is 6.24. The average Bonchev–Trinajstić information content (AvgIpc) is 2.66. The number of carbonyl (C=O) groups excluding carboxylic acids is 4. The van der Waals surface area contributed by atoms with E-state index in [2.05, 4.69) is 5.32 Å². The molecule has 0 atom stereocenters. The van der Waals surface area contributed by atoms with Crippen molar-refractivity contribution in [1.29, 1.82) is 0 Å². The number of ketones is 1. The van der Waals surface area contributed by atoms with Crippen molar-refractivity contribution in [3.8, 4) is 0 Å². The quantitative estimate of drug-likeness (QED) is 0.659. The SMILES string of the molecule is CC(C)C(=O)CCNC(=O)CCN1C(=O)C=CC1=O. The molecule has 0 aliphatic carbocycles. The van der Waals surface area contributed by atoms with Gasteiger partial charge in [0.05, 0.1) is 0 Å². The van der Waals surface area contributed by atoms with Crippen LogP contribution in [0.3, 0.4) is 0 Å². The predicted octanol–water partition coefficient (Wildman–Crippen LogP) is 0.0329. The Bertz CT molecular complexity index is 408. The van der Waals surface area contributed by atoms with Crippen LogP contribution >= 0.6 is 0 Å². The van der Waals surface area contributed by atoms with Crippen LogP contribution in [-0.4, -0.2) is 41.5 Å². The lowest BCUT2D eigenvalue weighted by Gasteiger charge is -2.13. The van der Waals surface area contributed by atoms with E-state index in [4.69, 9.17) is 0 Å². The number of Topliss-reactive ketones (excluding diaryl/α,β-unsaturated/α-hetero) is 1. The van der Waals surface area contributed by atoms with E-state index in [0.29, 0.717) is 6.42 Å². The van der Waals surface area contributed by atoms with E-state index < -0.39 is 11.8 Å². The molecule has 1 aliphatic rings. The van der Waals surface area contributed by atoms with Crippen LogP contribution in [-0.2, 0) is 19.2 Å². The molecule has 0 saturated heterocycles. The minimum Gasteiger partial charge on any atom is -0.356 e. The van der Waals surface area contributed by atoms with Crippen molar-refractivity contribution in [2.24, 2.45) is 5.92 Å². The summed E-state index contributed by atoms with van der Waals surface area (Å²) in [4.78, 5) is 46.2. The number of nitrogens with zero attached hydrogens (tertiary/aromatic N) is 1. The van der Waals surface area contributed by atoms with E-state index in [-0.39, 0.29) is 37.1 Å². The van der Waals surface area contributed by atoms with Crippen molar-refractivity contribution < 1.29 is 19.2 Å². The third-order valence-corrected chi connectivity index (χ3v) is 2.80. The smallest absolute Gasteiger partial charge is 0.253 e. The third-order valence-electron chi connectivity index (χ3n) is 2.80. The van der Waals surface area contributed by atoms with Gasteiger partial charge in [-0.1, -0.05) is 13.8 Å². The van der Waals surface area contributed by atoms with E-state index in [0.717, 1.165) is 4.90 Å². The molecule has 0 aromatic carbocycles. The fourth-order valence-electron chi connectivity index (χ4n) is 1.57. The number of amides is 3. The summed E-state index contributed by atoms with van der Waals surface area (Å²) in [6, 6.07) is 0. The maximum absolute atomic E-state index is 11.5. The Kier molecular flexibility index (Phi) is 5.41. The van der Waals surface area contributed by atoms with Crippen LogP contribution in [0.4, 0.5) is 0 Å². The number of carbonyl (C=O) groups is 4. The molecule has 0 spiro atoms. The monoisotopic (exact) mass is 266 g/mol. The fraction of sp³-hybridized carbons (Fsp3) is 0.538. The molecule has 0 bridgehead atoms. The zero-order valence-electron chi connectivity index (χ0n) is 11.1. The molecule has 0 unspecified atom stereocenters. The molecule has 0 aromatic heterocycles. The van der Waals surface area contributed by atoms with Crippen LogP contribution in [0.25, 0.3) is 0 Å². The highest BCUT2D eigenvalue weighted by atomic mass is 16.2. The molecule has 3 amide bonds. The van der Waals surface area contributed by atoms with E-state index in [1.54, 1.807) is 0 Å². The molecule has 1 N–H and O–H groups in total. The molecule has 0 aromatic rings. The molecule has 1 heterocycles. The second-order valence-electron chi connectivity index (χ2n) is 4.63. The highest BCUT2D eigenvalue weighted by Crippen LogP contribution is 2.04. The number of hydrogen-bond acceptors (Lipinski definition) is 4. The maximum Gasteiger partial charge on any atom is 0.253 e. The summed E-state index contributed by atoms with van der Waals surface area (Å²) in [6.07, 6.45) is 2.71. The highest BCUT2D eigenvalue weighted by molar-refractivity contribution is 6.13. The Labute approximate surface area is 111 Å². The molecule has 104 valence electrons. The molecule has 19 heavy (non-hydrogen) atoms. The van der Waals surface area contributed by atoms with Gasteiger partial charge < -0.3 is 5.32 Å². The maximum atomic E-state index is 11.5. The third kappa shape index (κ3) is 4.65. The van der Waals surface area contributed by atoms with E-state index >= 15 is 0 Å². The van der Waals surface area contributed by atoms with Crippen LogP contribution in [0.2, 0.25) is 0 Å². The Morgan fingerprint density at radius 2 is 1.74 bits per heavy atom. The molecule has 6 nitrogen and oxygen atoms in total. The zero-order valence-corrected chi connectivity index (χ0v) is 11.1. The molecular formula is C13H18N2O4. The van der Waals surface area contributed by atoms with Crippen molar-refractivity contribution in [3.63, 3.8) is 0 Å². The summed E-state index contributed by atoms with van der Waals surface area (Å²) in [5.74, 6) is -1.01. The first-order chi connectivity index (χ1) is 8.91. The Morgan fingerprint density at radius 1 is 1.16 bits per heavy atom. The lowest BCUT2D eigenvalue weighted by Crippen LogP contribution is -2.35. The topological polar surface area (TPSA) is 83.6 Å². The summed E-state index contributed by atoms with van der Waals surface area (Å²) in [7, 11) is 0. The summed E-state index contributed by atoms with van der Waals surface area (Å²) < 4.78 is 0. The van der Waals surface area contributed by atoms with Gasteiger partial charge >= 0.3 is 0 Å². The van der Waals surface area contributed by atoms with E-state index in [1.807, 2.05) is 13.8 Å². The number of rotatable bonds is 7. The van der Waals surface area contributed by atoms with Crippen LogP contribution in [0.5, 0.6) is 0 Å². The van der Waals surface area contributed by atoms with Gasteiger partial charge in [0.2, 0.25) is 5.91 Å². The lowest BCUT2D eigenvalue weighted by atomic mass is 10.1. The van der Waals surface area contributed by atoms with Crippen LogP contribution in [0.1, 0.15) is 26.7 Å². The molecule has 1 aliphatic heterocycles. The van der Waals surface area contributed by atoms with Crippen molar-refractivity contribution in [2.45, 2.75) is 26.7 Å². The van der Waals surface area contributed by atoms with E-state index in [1.165, 1.54) is 12.2 Å². The summed E-state index contributed by atoms with van der Waals surface area (Å²) in [5.41, 5.74) is 0. The number of hydrogen-bond donors (Lipinski definition) is 1. The van der Waals surface area contributed by atoms with E-state index in [9.17, 15) is 19.2 Å². The summed E-state index contributed by atoms with van der Waals surface area (Å²) in [6.45, 7) is 3.97. The van der Waals surface area contributed by atoms with Gasteiger partial charge in [0.25, 0.3) is 11.8 Å². The van der Waals surface area contributed by atoms with Gasteiger partial charge in [-0.2, -0.15) is 0 Å². The van der Waals surface area contributed by atoms with Gasteiger partial charge in [-0.25, -0.2) is 0 Å². The van der Waals surface area contributed by atoms with Gasteiger partial charge in [0.1, 0.15) is 5.78 Å². The second-order valence-corrected chi connectivity index (χ2v) is 4.63. The van der Waals surface area contributed by atoms with Gasteiger partial charge in [0.15, 0.2) is 0 Å². The molecular weight excluding hydrogens is 248 g/mol. The molecule has 0 fully saturated rings. The van der Waals surface area contributed by atoms with Crippen LogP contribution in [0, 0.1) is 5.92 Å². The van der Waals surface area contributed by atoms with Crippen LogP contribution < -0.4 is 5.32 Å². The van der Waals surface area contributed by atoms with Gasteiger partial charge in [-0.05, 0) is 0 Å². The number of nitrogens with one attached hydrogen (secondary N) is 1. The second kappa shape index (κ2) is 6.82. The molecule has 1 rings (SSSR count). The lowest BCUT2D eigenvalue weighted by molar-refractivity contribution is -0.137. The molecule has 0 radical (unpaired) electrons. The fourth-order valence-corrected chi connectivity index (χ4v) is 1.57. The normalized spacial score (nSPS) is 14.4. The minimum atomic E-state index is -0.396. The largest absolute Gasteiger partial charge is 0.356 e. The Hall–Kier alpha value is -1.98. The van der Waals surface area contributed by atoms with Gasteiger partial charge in [-0.15, -0.1) is 0 Å². The van der Waals surface area contributed by atoms with Crippen molar-refractivity contribution >= 4 is 23.5 Å². The first-order valence-corrected chi connectivity index (χ1v) is 6.24. The minimum absolute atomic E-state index is 0.0391. The van der Waals surface area contributed by atoms with Crippen molar-refractivity contribution in [2.75, 3.05) is 13.1 Å². The van der Waals surface area contributed by atoms with Crippen molar-refractivity contribution in [3.05, 3.63) is 12.2 Å². The predicted molar refractivity (Wildman–Crippen MR) is 67.9 cm³/mol. The number of imide groups is 1. The summed E-state index contributed by atoms with van der Waals surface area (Å²) >= 11 is 0. The Balaban J connectivity index is 2.20. The van der Waals surface area contributed by atoms with Crippen molar-refractivity contribution in [1.82, 2.24) is 10.2 Å². The highest BCUT2D eigenvalue weighted by Gasteiger charge is 2.23. The van der Waals surface area contributed by atoms with Gasteiger partial charge in [-0.3, -0.25) is 24.1 Å². The zero-order chi connectivity index (χ0) is 14.4. The van der Waals surface area contributed by atoms with Crippen LogP contribution in [0.15, 0.2) is 12.2 Å². The Morgan fingerprint density at radius 3 is 2.26 bits per heavy atom. The average molecular weight is 266 g/mol. The van der Waals surface area contributed by atoms with Gasteiger partial charge in [0, 0.05) is 44.0 Å². The standard InChI is InChI=1S/C13H18N2O4/c1-9(2)10(16)5-7-14-11(17)6-8-15-12(18)3-4-13(15)19/h3-4,9H,5-8H2,1-2H3,(H,14,17). The summed E-state index contributed by atoms with van der Waals surface area (Å²) in [5, 5.41) is 2.59.